The highest BCUT2D eigenvalue weighted by atomic mass is 16.5. The van der Waals surface area contributed by atoms with Crippen LogP contribution in [0.1, 0.15) is 23.0 Å². The van der Waals surface area contributed by atoms with E-state index in [2.05, 4.69) is 10.4 Å². The monoisotopic (exact) mass is 415 g/mol. The molecule has 2 aromatic heterocycles. The Bertz CT molecular complexity index is 1150. The van der Waals surface area contributed by atoms with E-state index < -0.39 is 18.0 Å². The molecular weight excluding hydrogens is 394 g/mol. The Balaban J connectivity index is 1.55. The van der Waals surface area contributed by atoms with Gasteiger partial charge in [-0.05, 0) is 31.2 Å². The Labute approximate surface area is 179 Å². The van der Waals surface area contributed by atoms with E-state index >= 15 is 0 Å². The van der Waals surface area contributed by atoms with Gasteiger partial charge in [-0.1, -0.05) is 48.5 Å². The summed E-state index contributed by atoms with van der Waals surface area (Å²) in [6.07, 6.45) is 2.17. The highest BCUT2D eigenvalue weighted by Crippen LogP contribution is 2.24. The first-order valence-corrected chi connectivity index (χ1v) is 9.83. The zero-order valence-electron chi connectivity index (χ0n) is 16.9. The summed E-state index contributed by atoms with van der Waals surface area (Å²) < 4.78 is 12.3. The number of ether oxygens (including phenoxy) is 1. The van der Waals surface area contributed by atoms with Crippen LogP contribution in [-0.4, -0.2) is 27.8 Å². The van der Waals surface area contributed by atoms with Crippen LogP contribution in [0.25, 0.3) is 16.9 Å². The molecule has 0 fully saturated rings. The van der Waals surface area contributed by atoms with Crippen molar-refractivity contribution in [2.75, 3.05) is 0 Å². The molecule has 0 aliphatic rings. The Morgan fingerprint density at radius 1 is 1.03 bits per heavy atom. The third kappa shape index (κ3) is 4.72. The molecule has 1 atom stereocenters. The molecule has 31 heavy (non-hydrogen) atoms. The molecule has 4 aromatic rings. The molecule has 156 valence electrons. The van der Waals surface area contributed by atoms with Gasteiger partial charge in [-0.3, -0.25) is 4.79 Å². The average molecular weight is 415 g/mol. The van der Waals surface area contributed by atoms with Crippen molar-refractivity contribution in [2.24, 2.45) is 0 Å². The van der Waals surface area contributed by atoms with Gasteiger partial charge in [-0.25, -0.2) is 9.48 Å². The van der Waals surface area contributed by atoms with Gasteiger partial charge in [0.15, 0.2) is 6.10 Å². The number of aromatic nitrogens is 2. The fourth-order valence-electron chi connectivity index (χ4n) is 3.05. The lowest BCUT2D eigenvalue weighted by molar-refractivity contribution is -0.129. The van der Waals surface area contributed by atoms with Crippen LogP contribution < -0.4 is 5.32 Å². The number of hydrogen-bond acceptors (Lipinski definition) is 5. The molecule has 0 spiro atoms. The van der Waals surface area contributed by atoms with Gasteiger partial charge in [0, 0.05) is 11.8 Å². The van der Waals surface area contributed by atoms with Crippen molar-refractivity contribution < 1.29 is 18.7 Å². The lowest BCUT2D eigenvalue weighted by Gasteiger charge is -2.13. The van der Waals surface area contributed by atoms with E-state index in [4.69, 9.17) is 9.15 Å². The van der Waals surface area contributed by atoms with Crippen molar-refractivity contribution in [1.29, 1.82) is 0 Å². The van der Waals surface area contributed by atoms with Crippen molar-refractivity contribution in [3.05, 3.63) is 96.6 Å². The topological polar surface area (TPSA) is 86.4 Å². The molecule has 0 aliphatic carbocycles. The molecule has 7 heteroatoms. The second-order valence-electron chi connectivity index (χ2n) is 6.88. The summed E-state index contributed by atoms with van der Waals surface area (Å²) in [4.78, 5) is 25.3. The van der Waals surface area contributed by atoms with Gasteiger partial charge in [0.2, 0.25) is 0 Å². The zero-order valence-corrected chi connectivity index (χ0v) is 16.9. The molecule has 2 aromatic carbocycles. The number of esters is 1. The lowest BCUT2D eigenvalue weighted by atomic mass is 10.1. The third-order valence-corrected chi connectivity index (χ3v) is 4.67. The summed E-state index contributed by atoms with van der Waals surface area (Å²) in [6.45, 7) is 1.74. The van der Waals surface area contributed by atoms with Gasteiger partial charge in [-0.15, -0.1) is 0 Å². The van der Waals surface area contributed by atoms with E-state index in [9.17, 15) is 9.59 Å². The minimum absolute atomic E-state index is 0.217. The largest absolute Gasteiger partial charge is 0.467 e. The number of para-hydroxylation sites is 1. The molecule has 0 bridgehead atoms. The summed E-state index contributed by atoms with van der Waals surface area (Å²) in [6, 6.07) is 22.3. The smallest absolute Gasteiger partial charge is 0.342 e. The predicted octanol–water partition coefficient (Wildman–Crippen LogP) is 3.99. The van der Waals surface area contributed by atoms with E-state index in [1.54, 1.807) is 23.0 Å². The summed E-state index contributed by atoms with van der Waals surface area (Å²) >= 11 is 0. The molecule has 7 nitrogen and oxygen atoms in total. The first-order valence-electron chi connectivity index (χ1n) is 9.83. The van der Waals surface area contributed by atoms with E-state index in [-0.39, 0.29) is 12.1 Å². The highest BCUT2D eigenvalue weighted by Gasteiger charge is 2.24. The molecule has 1 N–H and O–H groups in total. The number of rotatable bonds is 7. The minimum Gasteiger partial charge on any atom is -0.467 e. The van der Waals surface area contributed by atoms with Crippen LogP contribution in [0, 0.1) is 0 Å². The number of furan rings is 1. The van der Waals surface area contributed by atoms with Crippen LogP contribution in [0.3, 0.4) is 0 Å². The standard InChI is InChI=1S/C24H21N3O4/c1-17(23(28)25-15-20-13-8-14-30-20)31-24(29)21-16-27(19-11-6-3-7-12-19)26-22(21)18-9-4-2-5-10-18/h2-14,16-17H,15H2,1H3,(H,25,28)/t17-/m1/s1. The number of nitrogens with zero attached hydrogens (tertiary/aromatic N) is 2. The highest BCUT2D eigenvalue weighted by molar-refractivity contribution is 5.97. The Morgan fingerprint density at radius 3 is 2.42 bits per heavy atom. The Kier molecular flexibility index (Phi) is 5.93. The Hall–Kier alpha value is -4.13. The fraction of sp³-hybridized carbons (Fsp3) is 0.125. The molecule has 0 aliphatic heterocycles. The van der Waals surface area contributed by atoms with Gasteiger partial charge in [0.1, 0.15) is 17.0 Å². The van der Waals surface area contributed by atoms with Crippen molar-refractivity contribution in [3.8, 4) is 16.9 Å². The van der Waals surface area contributed by atoms with Crippen LogP contribution in [-0.2, 0) is 16.1 Å². The van der Waals surface area contributed by atoms with Gasteiger partial charge < -0.3 is 14.5 Å². The maximum Gasteiger partial charge on any atom is 0.342 e. The lowest BCUT2D eigenvalue weighted by Crippen LogP contribution is -2.35. The first kappa shape index (κ1) is 20.2. The molecular formula is C24H21N3O4. The first-order chi connectivity index (χ1) is 15.1. The van der Waals surface area contributed by atoms with Crippen LogP contribution >= 0.6 is 0 Å². The van der Waals surface area contributed by atoms with Crippen molar-refractivity contribution in [3.63, 3.8) is 0 Å². The van der Waals surface area contributed by atoms with Crippen LogP contribution in [0.5, 0.6) is 0 Å². The second-order valence-corrected chi connectivity index (χ2v) is 6.88. The molecule has 0 saturated heterocycles. The van der Waals surface area contributed by atoms with Gasteiger partial charge in [-0.2, -0.15) is 5.10 Å². The van der Waals surface area contributed by atoms with Gasteiger partial charge >= 0.3 is 5.97 Å². The SMILES string of the molecule is C[C@@H](OC(=O)c1cn(-c2ccccc2)nc1-c1ccccc1)C(=O)NCc1ccco1. The molecule has 0 radical (unpaired) electrons. The molecule has 2 heterocycles. The van der Waals surface area contributed by atoms with E-state index in [1.807, 2.05) is 60.7 Å². The number of benzene rings is 2. The average Bonchev–Trinajstić information content (AvgIpc) is 3.49. The minimum atomic E-state index is -0.980. The summed E-state index contributed by atoms with van der Waals surface area (Å²) in [7, 11) is 0. The van der Waals surface area contributed by atoms with Crippen molar-refractivity contribution >= 4 is 11.9 Å². The van der Waals surface area contributed by atoms with E-state index in [0.29, 0.717) is 11.5 Å². The number of nitrogens with one attached hydrogen (secondary N) is 1. The number of carbonyl (C=O) groups excluding carboxylic acids is 2. The number of carbonyl (C=O) groups is 2. The second kappa shape index (κ2) is 9.13. The fourth-order valence-corrected chi connectivity index (χ4v) is 3.05. The van der Waals surface area contributed by atoms with Crippen molar-refractivity contribution in [1.82, 2.24) is 15.1 Å². The summed E-state index contributed by atoms with van der Waals surface area (Å²) in [5, 5.41) is 7.29. The van der Waals surface area contributed by atoms with Crippen LogP contribution in [0.15, 0.2) is 89.7 Å². The number of amides is 1. The van der Waals surface area contributed by atoms with E-state index in [0.717, 1.165) is 11.3 Å². The van der Waals surface area contributed by atoms with Crippen LogP contribution in [0.2, 0.25) is 0 Å². The maximum atomic E-state index is 13.0. The van der Waals surface area contributed by atoms with Crippen molar-refractivity contribution in [2.45, 2.75) is 19.6 Å². The summed E-state index contributed by atoms with van der Waals surface area (Å²) in [5.41, 5.74) is 2.35. The zero-order chi connectivity index (χ0) is 21.6. The molecule has 4 rings (SSSR count). The normalized spacial score (nSPS) is 11.6. The molecule has 1 amide bonds. The Morgan fingerprint density at radius 2 is 1.74 bits per heavy atom. The van der Waals surface area contributed by atoms with Gasteiger partial charge in [0.25, 0.3) is 5.91 Å². The third-order valence-electron chi connectivity index (χ3n) is 4.67. The molecule has 0 saturated carbocycles. The quantitative estimate of drug-likeness (QED) is 0.461. The number of hydrogen-bond donors (Lipinski definition) is 1. The summed E-state index contributed by atoms with van der Waals surface area (Å²) in [5.74, 6) is -0.425. The molecule has 0 unspecified atom stereocenters. The van der Waals surface area contributed by atoms with Crippen LogP contribution in [0.4, 0.5) is 0 Å². The van der Waals surface area contributed by atoms with Gasteiger partial charge in [0.05, 0.1) is 18.5 Å². The maximum absolute atomic E-state index is 13.0. The van der Waals surface area contributed by atoms with E-state index in [1.165, 1.54) is 13.2 Å². The predicted molar refractivity (Wildman–Crippen MR) is 114 cm³/mol.